The summed E-state index contributed by atoms with van der Waals surface area (Å²) in [6, 6.07) is 0. The fourth-order valence-electron chi connectivity index (χ4n) is 7.68. The lowest BCUT2D eigenvalue weighted by Crippen LogP contribution is -2.36. The van der Waals surface area contributed by atoms with Crippen LogP contribution in [0.25, 0.3) is 0 Å². The van der Waals surface area contributed by atoms with E-state index in [1.54, 1.807) is 25.7 Å². The maximum absolute atomic E-state index is 6.27. The molecule has 6 rings (SSSR count). The van der Waals surface area contributed by atoms with Crippen molar-refractivity contribution in [3.05, 3.63) is 0 Å². The maximum Gasteiger partial charge on any atom is 0.104 e. The van der Waals surface area contributed by atoms with E-state index >= 15 is 0 Å². The highest BCUT2D eigenvalue weighted by atomic mass is 16.6. The van der Waals surface area contributed by atoms with Crippen LogP contribution in [0.3, 0.4) is 0 Å². The van der Waals surface area contributed by atoms with Crippen LogP contribution >= 0.6 is 0 Å². The Morgan fingerprint density at radius 1 is 0.800 bits per heavy atom. The van der Waals surface area contributed by atoms with Crippen LogP contribution in [-0.2, 0) is 9.47 Å². The highest BCUT2D eigenvalue weighted by Gasteiger charge is 2.65. The van der Waals surface area contributed by atoms with Crippen LogP contribution in [-0.4, -0.2) is 25.4 Å². The first-order valence-electron chi connectivity index (χ1n) is 9.11. The van der Waals surface area contributed by atoms with Gasteiger partial charge in [0.15, 0.2) is 0 Å². The van der Waals surface area contributed by atoms with E-state index in [2.05, 4.69) is 0 Å². The number of hydrogen-bond donors (Lipinski definition) is 0. The van der Waals surface area contributed by atoms with E-state index in [0.29, 0.717) is 12.2 Å². The van der Waals surface area contributed by atoms with Gasteiger partial charge in [-0.15, -0.1) is 0 Å². The summed E-state index contributed by atoms with van der Waals surface area (Å²) in [5.41, 5.74) is 0. The van der Waals surface area contributed by atoms with Crippen molar-refractivity contribution in [2.75, 3.05) is 13.2 Å². The molecule has 2 nitrogen and oxygen atoms in total. The van der Waals surface area contributed by atoms with Crippen LogP contribution in [0, 0.1) is 47.3 Å². The van der Waals surface area contributed by atoms with E-state index < -0.39 is 0 Å². The van der Waals surface area contributed by atoms with Gasteiger partial charge >= 0.3 is 0 Å². The molecule has 0 N–H and O–H groups in total. The Balaban J connectivity index is 1.25. The van der Waals surface area contributed by atoms with Gasteiger partial charge in [0.05, 0.1) is 19.3 Å². The smallest absolute Gasteiger partial charge is 0.104 e. The van der Waals surface area contributed by atoms with Crippen LogP contribution < -0.4 is 0 Å². The molecule has 1 saturated heterocycles. The van der Waals surface area contributed by atoms with Gasteiger partial charge in [-0.3, -0.25) is 0 Å². The third kappa shape index (κ3) is 1.38. The molecule has 0 aromatic carbocycles. The molecule has 5 saturated carbocycles. The van der Waals surface area contributed by atoms with Crippen molar-refractivity contribution in [2.45, 2.75) is 50.7 Å². The summed E-state index contributed by atoms with van der Waals surface area (Å²) in [7, 11) is 0. The van der Waals surface area contributed by atoms with Crippen LogP contribution in [0.2, 0.25) is 0 Å². The highest BCUT2D eigenvalue weighted by Crippen LogP contribution is 2.71. The fraction of sp³-hybridized carbons (Fsp3) is 1.00. The molecular formula is C18H26O2. The molecule has 0 aromatic heterocycles. The van der Waals surface area contributed by atoms with E-state index in [9.17, 15) is 0 Å². The summed E-state index contributed by atoms with van der Waals surface area (Å²) in [6.07, 6.45) is 10.3. The van der Waals surface area contributed by atoms with Gasteiger partial charge in [-0.25, -0.2) is 0 Å². The second-order valence-corrected chi connectivity index (χ2v) is 8.77. The minimum absolute atomic E-state index is 0.448. The number of rotatable bonds is 3. The topological polar surface area (TPSA) is 21.8 Å². The van der Waals surface area contributed by atoms with Crippen molar-refractivity contribution in [3.8, 4) is 0 Å². The summed E-state index contributed by atoms with van der Waals surface area (Å²) < 4.78 is 11.6. The number of ether oxygens (including phenoxy) is 2. The lowest BCUT2D eigenvalue weighted by atomic mass is 9.71. The summed E-state index contributed by atoms with van der Waals surface area (Å²) >= 11 is 0. The average Bonchev–Trinajstić information content (AvgIpc) is 2.91. The van der Waals surface area contributed by atoms with Gasteiger partial charge in [0.25, 0.3) is 0 Å². The Bertz CT molecular complexity index is 429. The Morgan fingerprint density at radius 3 is 2.55 bits per heavy atom. The fourth-order valence-corrected chi connectivity index (χ4v) is 7.68. The van der Waals surface area contributed by atoms with E-state index in [1.807, 2.05) is 0 Å². The first-order valence-corrected chi connectivity index (χ1v) is 9.11. The van der Waals surface area contributed by atoms with Crippen molar-refractivity contribution < 1.29 is 9.47 Å². The summed E-state index contributed by atoms with van der Waals surface area (Å²) in [6.45, 7) is 1.83. The Labute approximate surface area is 121 Å². The molecule has 1 aliphatic heterocycles. The van der Waals surface area contributed by atoms with Crippen molar-refractivity contribution >= 4 is 0 Å². The van der Waals surface area contributed by atoms with E-state index in [0.717, 1.165) is 60.6 Å². The predicted molar refractivity (Wildman–Crippen MR) is 75.1 cm³/mol. The van der Waals surface area contributed by atoms with Gasteiger partial charge < -0.3 is 9.47 Å². The zero-order valence-electron chi connectivity index (χ0n) is 12.2. The minimum Gasteiger partial charge on any atom is -0.375 e. The van der Waals surface area contributed by atoms with Crippen molar-refractivity contribution in [2.24, 2.45) is 47.3 Å². The quantitative estimate of drug-likeness (QED) is 0.738. The molecule has 6 aliphatic rings. The summed E-state index contributed by atoms with van der Waals surface area (Å²) in [5, 5.41) is 0. The van der Waals surface area contributed by atoms with Crippen LogP contribution in [0.1, 0.15) is 38.5 Å². The first kappa shape index (κ1) is 11.5. The molecule has 110 valence electrons. The Hall–Kier alpha value is -0.0800. The van der Waals surface area contributed by atoms with Gasteiger partial charge in [0.2, 0.25) is 0 Å². The molecule has 0 aromatic rings. The van der Waals surface area contributed by atoms with Crippen LogP contribution in [0.15, 0.2) is 0 Å². The number of epoxide rings is 1. The highest BCUT2D eigenvalue weighted by molar-refractivity contribution is 5.14. The summed E-state index contributed by atoms with van der Waals surface area (Å²) in [4.78, 5) is 0. The van der Waals surface area contributed by atoms with Gasteiger partial charge in [-0.05, 0) is 85.9 Å². The zero-order chi connectivity index (χ0) is 12.8. The van der Waals surface area contributed by atoms with Gasteiger partial charge in [0, 0.05) is 0 Å². The molecule has 2 heteroatoms. The third-order valence-corrected chi connectivity index (χ3v) is 8.23. The molecular weight excluding hydrogens is 248 g/mol. The first-order chi connectivity index (χ1) is 9.88. The monoisotopic (exact) mass is 274 g/mol. The molecule has 0 spiro atoms. The lowest BCUT2D eigenvalue weighted by Gasteiger charge is -2.37. The van der Waals surface area contributed by atoms with Crippen LogP contribution in [0.4, 0.5) is 0 Å². The second kappa shape index (κ2) is 3.81. The van der Waals surface area contributed by atoms with Crippen molar-refractivity contribution in [1.29, 1.82) is 0 Å². The molecule has 1 heterocycles. The van der Waals surface area contributed by atoms with Gasteiger partial charge in [-0.1, -0.05) is 0 Å². The van der Waals surface area contributed by atoms with Gasteiger partial charge in [-0.2, -0.15) is 0 Å². The summed E-state index contributed by atoms with van der Waals surface area (Å²) in [5.74, 6) is 8.64. The van der Waals surface area contributed by atoms with E-state index in [4.69, 9.17) is 9.47 Å². The second-order valence-electron chi connectivity index (χ2n) is 8.77. The predicted octanol–water partition coefficient (Wildman–Crippen LogP) is 3.11. The lowest BCUT2D eigenvalue weighted by molar-refractivity contribution is -0.0288. The third-order valence-electron chi connectivity index (χ3n) is 8.23. The maximum atomic E-state index is 6.27. The molecule has 0 radical (unpaired) electrons. The Morgan fingerprint density at radius 2 is 1.65 bits per heavy atom. The number of fused-ring (bicyclic) bond motifs is 11. The van der Waals surface area contributed by atoms with E-state index in [-0.39, 0.29) is 0 Å². The normalized spacial score (nSPS) is 64.8. The van der Waals surface area contributed by atoms with Gasteiger partial charge in [0.1, 0.15) is 6.10 Å². The van der Waals surface area contributed by atoms with Crippen molar-refractivity contribution in [3.63, 3.8) is 0 Å². The molecule has 4 bridgehead atoms. The Kier molecular flexibility index (Phi) is 2.19. The van der Waals surface area contributed by atoms with Crippen LogP contribution in [0.5, 0.6) is 0 Å². The largest absolute Gasteiger partial charge is 0.375 e. The average molecular weight is 274 g/mol. The molecule has 10 unspecified atom stereocenters. The van der Waals surface area contributed by atoms with E-state index in [1.165, 1.54) is 12.8 Å². The molecule has 0 amide bonds. The molecule has 10 atom stereocenters. The zero-order valence-corrected chi connectivity index (χ0v) is 12.2. The molecule has 6 fully saturated rings. The van der Waals surface area contributed by atoms with Crippen molar-refractivity contribution in [1.82, 2.24) is 0 Å². The minimum atomic E-state index is 0.448. The molecule has 5 aliphatic carbocycles. The molecule has 20 heavy (non-hydrogen) atoms. The standard InChI is InChI=1S/C18H26O2/c1-2-10-3-9(1)13-6-14-11-4-15(18(14)17(10)13)16(5-11)20-8-12-7-19-12/h9-18H,1-8H2. The SMILES string of the molecule is C1OC1COC1CC2CC1C1C2CC2C3CCC(C3)C21. The number of hydrogen-bond acceptors (Lipinski definition) is 2.